The summed E-state index contributed by atoms with van der Waals surface area (Å²) in [5.41, 5.74) is -0.249. The van der Waals surface area contributed by atoms with E-state index in [1.54, 1.807) is 0 Å². The van der Waals surface area contributed by atoms with Crippen molar-refractivity contribution < 1.29 is 13.2 Å². The largest absolute Gasteiger partial charge is 0.416 e. The molecular formula is C14H17F3N2S. The fourth-order valence-electron chi connectivity index (χ4n) is 2.07. The van der Waals surface area contributed by atoms with Crippen molar-refractivity contribution in [1.82, 2.24) is 4.98 Å². The van der Waals surface area contributed by atoms with E-state index in [4.69, 9.17) is 0 Å². The van der Waals surface area contributed by atoms with Gasteiger partial charge in [-0.15, -0.1) is 0 Å². The molecule has 1 unspecified atom stereocenters. The summed E-state index contributed by atoms with van der Waals surface area (Å²) in [6, 6.07) is 4.02. The van der Waals surface area contributed by atoms with Crippen LogP contribution in [0.4, 0.5) is 18.3 Å². The van der Waals surface area contributed by atoms with Gasteiger partial charge < -0.3 is 5.32 Å². The van der Waals surface area contributed by atoms with Crippen LogP contribution in [-0.2, 0) is 6.18 Å². The van der Waals surface area contributed by atoms with Crippen LogP contribution in [0.2, 0.25) is 0 Å². The predicted octanol–water partition coefficient (Wildman–Crippen LogP) is 5.31. The van der Waals surface area contributed by atoms with E-state index < -0.39 is 11.7 Å². The molecule has 110 valence electrons. The number of alkyl halides is 3. The summed E-state index contributed by atoms with van der Waals surface area (Å²) in [5.74, 6) is 0. The van der Waals surface area contributed by atoms with Gasteiger partial charge in [0.1, 0.15) is 0 Å². The maximum absolute atomic E-state index is 12.6. The fourth-order valence-corrected chi connectivity index (χ4v) is 2.99. The number of thiazole rings is 1. The number of rotatable bonds is 5. The number of aromatic nitrogens is 1. The molecule has 0 radical (unpaired) electrons. The first kappa shape index (κ1) is 15.1. The molecule has 0 saturated carbocycles. The summed E-state index contributed by atoms with van der Waals surface area (Å²) in [6.45, 7) is 4.20. The maximum atomic E-state index is 12.6. The number of benzene rings is 1. The zero-order valence-corrected chi connectivity index (χ0v) is 12.2. The van der Waals surface area contributed by atoms with Gasteiger partial charge in [-0.2, -0.15) is 13.2 Å². The van der Waals surface area contributed by atoms with Crippen LogP contribution in [0.5, 0.6) is 0 Å². The van der Waals surface area contributed by atoms with E-state index in [1.807, 2.05) is 0 Å². The Bertz CT molecular complexity index is 577. The Hall–Kier alpha value is -1.30. The Morgan fingerprint density at radius 2 is 2.05 bits per heavy atom. The summed E-state index contributed by atoms with van der Waals surface area (Å²) in [5, 5.41) is 4.00. The van der Waals surface area contributed by atoms with Crippen molar-refractivity contribution in [3.63, 3.8) is 0 Å². The van der Waals surface area contributed by atoms with E-state index in [9.17, 15) is 13.2 Å². The van der Waals surface area contributed by atoms with E-state index in [2.05, 4.69) is 24.1 Å². The van der Waals surface area contributed by atoms with Crippen LogP contribution in [0, 0.1) is 0 Å². The SMILES string of the molecule is CCCC(CC)Nc1nc2cc(C(F)(F)F)ccc2s1. The molecule has 0 aliphatic rings. The van der Waals surface area contributed by atoms with Crippen molar-refractivity contribution in [2.75, 3.05) is 5.32 Å². The van der Waals surface area contributed by atoms with Gasteiger partial charge in [-0.25, -0.2) is 4.98 Å². The maximum Gasteiger partial charge on any atom is 0.416 e. The van der Waals surface area contributed by atoms with E-state index in [1.165, 1.54) is 17.4 Å². The van der Waals surface area contributed by atoms with Crippen LogP contribution in [0.25, 0.3) is 10.2 Å². The summed E-state index contributed by atoms with van der Waals surface area (Å²) < 4.78 is 38.7. The molecule has 1 N–H and O–H groups in total. The third-order valence-corrected chi connectivity index (χ3v) is 4.14. The molecule has 0 fully saturated rings. The molecule has 2 nitrogen and oxygen atoms in total. The van der Waals surface area contributed by atoms with Crippen molar-refractivity contribution in [3.05, 3.63) is 23.8 Å². The van der Waals surface area contributed by atoms with Crippen LogP contribution in [-0.4, -0.2) is 11.0 Å². The average molecular weight is 302 g/mol. The number of fused-ring (bicyclic) bond motifs is 1. The van der Waals surface area contributed by atoms with Gasteiger partial charge in [0.2, 0.25) is 0 Å². The lowest BCUT2D eigenvalue weighted by atomic mass is 10.1. The third-order valence-electron chi connectivity index (χ3n) is 3.17. The summed E-state index contributed by atoms with van der Waals surface area (Å²) >= 11 is 1.40. The highest BCUT2D eigenvalue weighted by Gasteiger charge is 2.30. The lowest BCUT2D eigenvalue weighted by Crippen LogP contribution is -2.17. The molecule has 0 bridgehead atoms. The summed E-state index contributed by atoms with van der Waals surface area (Å²) in [7, 11) is 0. The molecule has 0 saturated heterocycles. The Morgan fingerprint density at radius 3 is 2.65 bits per heavy atom. The summed E-state index contributed by atoms with van der Waals surface area (Å²) in [6.07, 6.45) is -1.26. The summed E-state index contributed by atoms with van der Waals surface area (Å²) in [4.78, 5) is 4.26. The van der Waals surface area contributed by atoms with E-state index in [0.717, 1.165) is 36.1 Å². The number of nitrogens with zero attached hydrogens (tertiary/aromatic N) is 1. The molecule has 20 heavy (non-hydrogen) atoms. The van der Waals surface area contributed by atoms with E-state index >= 15 is 0 Å². The Balaban J connectivity index is 2.25. The first-order valence-corrected chi connectivity index (χ1v) is 7.50. The van der Waals surface area contributed by atoms with Crippen molar-refractivity contribution in [3.8, 4) is 0 Å². The monoisotopic (exact) mass is 302 g/mol. The number of anilines is 1. The van der Waals surface area contributed by atoms with Crippen molar-refractivity contribution in [2.45, 2.75) is 45.3 Å². The van der Waals surface area contributed by atoms with Crippen LogP contribution in [0.1, 0.15) is 38.7 Å². The second kappa shape index (κ2) is 5.99. The fraction of sp³-hybridized carbons (Fsp3) is 0.500. The lowest BCUT2D eigenvalue weighted by molar-refractivity contribution is -0.137. The number of halogens is 3. The Labute approximate surface area is 120 Å². The third kappa shape index (κ3) is 3.42. The molecular weight excluding hydrogens is 285 g/mol. The van der Waals surface area contributed by atoms with Gasteiger partial charge in [0, 0.05) is 6.04 Å². The first-order chi connectivity index (χ1) is 9.44. The highest BCUT2D eigenvalue weighted by molar-refractivity contribution is 7.22. The molecule has 0 aliphatic heterocycles. The van der Waals surface area contributed by atoms with Gasteiger partial charge >= 0.3 is 6.18 Å². The quantitative estimate of drug-likeness (QED) is 0.810. The van der Waals surface area contributed by atoms with E-state index in [-0.39, 0.29) is 0 Å². The van der Waals surface area contributed by atoms with Gasteiger partial charge in [-0.3, -0.25) is 0 Å². The number of hydrogen-bond acceptors (Lipinski definition) is 3. The van der Waals surface area contributed by atoms with E-state index in [0.29, 0.717) is 16.7 Å². The van der Waals surface area contributed by atoms with Gasteiger partial charge in [0.15, 0.2) is 5.13 Å². The second-order valence-corrected chi connectivity index (χ2v) is 5.77. The van der Waals surface area contributed by atoms with Crippen LogP contribution in [0.3, 0.4) is 0 Å². The van der Waals surface area contributed by atoms with Crippen LogP contribution >= 0.6 is 11.3 Å². The predicted molar refractivity (Wildman–Crippen MR) is 77.2 cm³/mol. The number of nitrogens with one attached hydrogen (secondary N) is 1. The smallest absolute Gasteiger partial charge is 0.359 e. The minimum atomic E-state index is -4.32. The normalized spacial score (nSPS) is 13.7. The van der Waals surface area contributed by atoms with Crippen LogP contribution < -0.4 is 5.32 Å². The minimum absolute atomic E-state index is 0.322. The van der Waals surface area contributed by atoms with Crippen molar-refractivity contribution in [1.29, 1.82) is 0 Å². The molecule has 1 aromatic carbocycles. The van der Waals surface area contributed by atoms with Gasteiger partial charge in [0.05, 0.1) is 15.8 Å². The molecule has 0 spiro atoms. The zero-order chi connectivity index (χ0) is 14.8. The molecule has 0 aliphatic carbocycles. The second-order valence-electron chi connectivity index (χ2n) is 4.74. The number of hydrogen-bond donors (Lipinski definition) is 1. The average Bonchev–Trinajstić information content (AvgIpc) is 2.78. The Morgan fingerprint density at radius 1 is 1.30 bits per heavy atom. The Kier molecular flexibility index (Phi) is 4.52. The molecule has 2 rings (SSSR count). The van der Waals surface area contributed by atoms with Gasteiger partial charge in [0.25, 0.3) is 0 Å². The van der Waals surface area contributed by atoms with Gasteiger partial charge in [-0.05, 0) is 31.0 Å². The molecule has 1 heterocycles. The molecule has 6 heteroatoms. The topological polar surface area (TPSA) is 24.9 Å². The molecule has 2 aromatic rings. The molecule has 1 atom stereocenters. The highest BCUT2D eigenvalue weighted by Crippen LogP contribution is 2.34. The van der Waals surface area contributed by atoms with Gasteiger partial charge in [-0.1, -0.05) is 31.6 Å². The van der Waals surface area contributed by atoms with Crippen molar-refractivity contribution >= 4 is 26.7 Å². The highest BCUT2D eigenvalue weighted by atomic mass is 32.1. The standard InChI is InChI=1S/C14H17F3N2S/c1-3-5-10(4-2)18-13-19-11-8-9(14(15,16)17)6-7-12(11)20-13/h6-8,10H,3-5H2,1-2H3,(H,18,19). The molecule has 1 aromatic heterocycles. The lowest BCUT2D eigenvalue weighted by Gasteiger charge is -2.14. The van der Waals surface area contributed by atoms with Crippen LogP contribution in [0.15, 0.2) is 18.2 Å². The first-order valence-electron chi connectivity index (χ1n) is 6.68. The zero-order valence-electron chi connectivity index (χ0n) is 11.4. The van der Waals surface area contributed by atoms with Crippen molar-refractivity contribution in [2.24, 2.45) is 0 Å². The minimum Gasteiger partial charge on any atom is -0.359 e. The molecule has 0 amide bonds.